The number of para-hydroxylation sites is 1. The molecule has 2 aromatic carbocycles. The highest BCUT2D eigenvalue weighted by Gasteiger charge is 2.19. The van der Waals surface area contributed by atoms with Gasteiger partial charge in [0.15, 0.2) is 5.69 Å². The van der Waals surface area contributed by atoms with Gasteiger partial charge in [-0.2, -0.15) is 13.5 Å². The number of hydrogen-bond donors (Lipinski definition) is 1. The smallest absolute Gasteiger partial charge is 0.284 e. The number of sulfonamides is 1. The SMILES string of the molecule is CN1CCCCC/C1=N\S(=O)(=O)c1cccc(NC(=O)c2ccn(-c3ccccc3)n2)c1. The summed E-state index contributed by atoms with van der Waals surface area (Å²) in [5.74, 6) is 0.146. The second-order valence-electron chi connectivity index (χ2n) is 7.68. The minimum Gasteiger partial charge on any atom is -0.362 e. The minimum atomic E-state index is -3.89. The Hall–Kier alpha value is -3.46. The number of nitrogens with one attached hydrogen (secondary N) is 1. The Labute approximate surface area is 187 Å². The van der Waals surface area contributed by atoms with E-state index in [-0.39, 0.29) is 10.6 Å². The Morgan fingerprint density at radius 1 is 1.03 bits per heavy atom. The summed E-state index contributed by atoms with van der Waals surface area (Å²) in [5, 5.41) is 7.02. The van der Waals surface area contributed by atoms with Gasteiger partial charge in [-0.05, 0) is 49.2 Å². The highest BCUT2D eigenvalue weighted by Crippen LogP contribution is 2.20. The van der Waals surface area contributed by atoms with E-state index in [0.717, 1.165) is 31.5 Å². The molecule has 0 radical (unpaired) electrons. The van der Waals surface area contributed by atoms with E-state index in [4.69, 9.17) is 0 Å². The number of benzene rings is 2. The van der Waals surface area contributed by atoms with Gasteiger partial charge in [-0.3, -0.25) is 4.79 Å². The molecule has 2 heterocycles. The molecule has 0 aliphatic carbocycles. The third kappa shape index (κ3) is 5.05. The van der Waals surface area contributed by atoms with Crippen LogP contribution in [0.3, 0.4) is 0 Å². The van der Waals surface area contributed by atoms with Gasteiger partial charge in [0, 0.05) is 31.9 Å². The number of amidine groups is 1. The first-order valence-electron chi connectivity index (χ1n) is 10.5. The van der Waals surface area contributed by atoms with Crippen LogP contribution >= 0.6 is 0 Å². The highest BCUT2D eigenvalue weighted by atomic mass is 32.2. The fraction of sp³-hybridized carbons (Fsp3) is 0.261. The standard InChI is InChI=1S/C23H25N5O3S/c1-27-15-7-3-6-13-22(27)26-32(30,31)20-12-8-9-18(17-20)24-23(29)21-14-16-28(25-21)19-10-4-2-5-11-19/h2,4-5,8-12,14,16-17H,3,6-7,13,15H2,1H3,(H,24,29)/b26-22+. The van der Waals surface area contributed by atoms with Gasteiger partial charge in [-0.15, -0.1) is 4.40 Å². The molecule has 0 saturated carbocycles. The van der Waals surface area contributed by atoms with Crippen LogP contribution in [-0.2, 0) is 10.0 Å². The first-order valence-corrected chi connectivity index (χ1v) is 11.9. The second kappa shape index (κ2) is 9.35. The number of nitrogens with zero attached hydrogens (tertiary/aromatic N) is 4. The van der Waals surface area contributed by atoms with Crippen molar-refractivity contribution in [2.75, 3.05) is 18.9 Å². The number of carbonyl (C=O) groups is 1. The minimum absolute atomic E-state index is 0.0373. The molecule has 1 N–H and O–H groups in total. The van der Waals surface area contributed by atoms with Crippen LogP contribution in [0.15, 0.2) is 76.2 Å². The fourth-order valence-corrected chi connectivity index (χ4v) is 4.67. The summed E-state index contributed by atoms with van der Waals surface area (Å²) in [7, 11) is -2.02. The van der Waals surface area contributed by atoms with Gasteiger partial charge in [0.2, 0.25) is 0 Å². The fourth-order valence-electron chi connectivity index (χ4n) is 3.53. The quantitative estimate of drug-likeness (QED) is 0.638. The molecule has 0 atom stereocenters. The highest BCUT2D eigenvalue weighted by molar-refractivity contribution is 7.90. The lowest BCUT2D eigenvalue weighted by Crippen LogP contribution is -2.26. The maximum absolute atomic E-state index is 12.9. The molecule has 166 valence electrons. The maximum Gasteiger partial charge on any atom is 0.284 e. The topological polar surface area (TPSA) is 96.7 Å². The van der Waals surface area contributed by atoms with Gasteiger partial charge in [0.05, 0.1) is 10.6 Å². The Balaban J connectivity index is 1.52. The lowest BCUT2D eigenvalue weighted by molar-refractivity contribution is 0.102. The zero-order chi connectivity index (χ0) is 22.6. The first kappa shape index (κ1) is 21.8. The van der Waals surface area contributed by atoms with E-state index in [2.05, 4.69) is 14.8 Å². The molecule has 3 aromatic rings. The van der Waals surface area contributed by atoms with Crippen LogP contribution in [0.5, 0.6) is 0 Å². The maximum atomic E-state index is 12.9. The molecule has 9 heteroatoms. The van der Waals surface area contributed by atoms with E-state index in [1.165, 1.54) is 12.1 Å². The summed E-state index contributed by atoms with van der Waals surface area (Å²) in [6, 6.07) is 17.2. The Morgan fingerprint density at radius 2 is 1.84 bits per heavy atom. The van der Waals surface area contributed by atoms with Crippen LogP contribution in [0.1, 0.15) is 36.2 Å². The van der Waals surface area contributed by atoms with Crippen molar-refractivity contribution in [3.05, 3.63) is 72.6 Å². The van der Waals surface area contributed by atoms with E-state index in [1.807, 2.05) is 42.3 Å². The average Bonchev–Trinajstić information content (AvgIpc) is 3.21. The third-order valence-corrected chi connectivity index (χ3v) is 6.59. The van der Waals surface area contributed by atoms with Crippen molar-refractivity contribution >= 4 is 27.5 Å². The second-order valence-corrected chi connectivity index (χ2v) is 9.28. The normalized spacial score (nSPS) is 16.0. The lowest BCUT2D eigenvalue weighted by Gasteiger charge is -2.17. The van der Waals surface area contributed by atoms with Crippen LogP contribution in [0.2, 0.25) is 0 Å². The number of amides is 1. The van der Waals surface area contributed by atoms with Gasteiger partial charge >= 0.3 is 0 Å². The van der Waals surface area contributed by atoms with Gasteiger partial charge in [0.25, 0.3) is 15.9 Å². The van der Waals surface area contributed by atoms with E-state index < -0.39 is 15.9 Å². The molecule has 1 aromatic heterocycles. The molecular formula is C23H25N5O3S. The number of aromatic nitrogens is 2. The van der Waals surface area contributed by atoms with E-state index in [9.17, 15) is 13.2 Å². The molecule has 0 unspecified atom stereocenters. The van der Waals surface area contributed by atoms with Crippen LogP contribution in [0, 0.1) is 0 Å². The average molecular weight is 452 g/mol. The molecule has 1 fully saturated rings. The van der Waals surface area contributed by atoms with Crippen molar-refractivity contribution < 1.29 is 13.2 Å². The number of hydrogen-bond acceptors (Lipinski definition) is 4. The molecular weight excluding hydrogens is 426 g/mol. The lowest BCUT2D eigenvalue weighted by atomic mass is 10.2. The largest absolute Gasteiger partial charge is 0.362 e. The summed E-state index contributed by atoms with van der Waals surface area (Å²) in [6.07, 6.45) is 5.34. The number of carbonyl (C=O) groups excluding carboxylic acids is 1. The molecule has 1 aliphatic rings. The molecule has 0 bridgehead atoms. The predicted octanol–water partition coefficient (Wildman–Crippen LogP) is 3.72. The summed E-state index contributed by atoms with van der Waals surface area (Å²) in [4.78, 5) is 14.6. The zero-order valence-electron chi connectivity index (χ0n) is 17.8. The van der Waals surface area contributed by atoms with Gasteiger partial charge in [-0.1, -0.05) is 30.7 Å². The van der Waals surface area contributed by atoms with Crippen molar-refractivity contribution in [2.24, 2.45) is 4.40 Å². The number of rotatable bonds is 5. The van der Waals surface area contributed by atoms with Crippen LogP contribution < -0.4 is 5.32 Å². The summed E-state index contributed by atoms with van der Waals surface area (Å²) >= 11 is 0. The van der Waals surface area contributed by atoms with Crippen molar-refractivity contribution in [3.8, 4) is 5.69 Å². The molecule has 1 amide bonds. The predicted molar refractivity (Wildman–Crippen MR) is 124 cm³/mol. The molecule has 1 saturated heterocycles. The monoisotopic (exact) mass is 451 g/mol. The summed E-state index contributed by atoms with van der Waals surface area (Å²) in [6.45, 7) is 0.792. The number of anilines is 1. The van der Waals surface area contributed by atoms with Crippen molar-refractivity contribution in [3.63, 3.8) is 0 Å². The molecule has 0 spiro atoms. The van der Waals surface area contributed by atoms with E-state index in [0.29, 0.717) is 17.9 Å². The Kier molecular flexibility index (Phi) is 6.36. The third-order valence-electron chi connectivity index (χ3n) is 5.29. The zero-order valence-corrected chi connectivity index (χ0v) is 18.6. The van der Waals surface area contributed by atoms with Crippen LogP contribution in [0.25, 0.3) is 5.69 Å². The molecule has 1 aliphatic heterocycles. The Morgan fingerprint density at radius 3 is 2.66 bits per heavy atom. The van der Waals surface area contributed by atoms with Crippen molar-refractivity contribution in [1.82, 2.24) is 14.7 Å². The van der Waals surface area contributed by atoms with E-state index >= 15 is 0 Å². The van der Waals surface area contributed by atoms with Crippen LogP contribution in [-0.4, -0.2) is 48.4 Å². The summed E-state index contributed by atoms with van der Waals surface area (Å²) in [5.41, 5.74) is 1.42. The van der Waals surface area contributed by atoms with Crippen molar-refractivity contribution in [1.29, 1.82) is 0 Å². The van der Waals surface area contributed by atoms with Gasteiger partial charge in [-0.25, -0.2) is 4.68 Å². The Bertz CT molecular complexity index is 1240. The van der Waals surface area contributed by atoms with E-state index in [1.54, 1.807) is 29.1 Å². The molecule has 32 heavy (non-hydrogen) atoms. The van der Waals surface area contributed by atoms with Crippen molar-refractivity contribution in [2.45, 2.75) is 30.6 Å². The molecule has 8 nitrogen and oxygen atoms in total. The molecule has 4 rings (SSSR count). The van der Waals surface area contributed by atoms with Crippen LogP contribution in [0.4, 0.5) is 5.69 Å². The van der Waals surface area contributed by atoms with Gasteiger partial charge < -0.3 is 10.2 Å². The summed E-state index contributed by atoms with van der Waals surface area (Å²) < 4.78 is 31.5. The number of likely N-dealkylation sites (tertiary alicyclic amines) is 1. The van der Waals surface area contributed by atoms with Gasteiger partial charge in [0.1, 0.15) is 5.84 Å². The first-order chi connectivity index (χ1) is 15.4.